The number of carbonyl (C=O) groups excluding carboxylic acids is 1. The number of ether oxygens (including phenoxy) is 1. The van der Waals surface area contributed by atoms with Crippen LogP contribution in [0.25, 0.3) is 6.08 Å². The Morgan fingerprint density at radius 3 is 2.55 bits per heavy atom. The van der Waals surface area contributed by atoms with Gasteiger partial charge in [-0.1, -0.05) is 19.1 Å². The zero-order valence-corrected chi connectivity index (χ0v) is 13.9. The fourth-order valence-corrected chi connectivity index (χ4v) is 2.61. The van der Waals surface area contributed by atoms with Gasteiger partial charge >= 0.3 is 0 Å². The van der Waals surface area contributed by atoms with Crippen LogP contribution in [-0.4, -0.2) is 36.1 Å². The van der Waals surface area contributed by atoms with E-state index in [9.17, 15) is 4.79 Å². The Labute approximate surface area is 137 Å². The molecule has 0 radical (unpaired) electrons. The summed E-state index contributed by atoms with van der Waals surface area (Å²) in [6.45, 7) is 4.08. The summed E-state index contributed by atoms with van der Waals surface area (Å²) in [5, 5.41) is 3.29. The molecule has 1 aliphatic rings. The maximum atomic E-state index is 11.9. The maximum Gasteiger partial charge on any atom is 0.250 e. The third kappa shape index (κ3) is 4.84. The number of hydrogen-bond donors (Lipinski definition) is 1. The summed E-state index contributed by atoms with van der Waals surface area (Å²) >= 11 is 5.30. The summed E-state index contributed by atoms with van der Waals surface area (Å²) in [5.41, 5.74) is 0.939. The Balaban J connectivity index is 1.83. The van der Waals surface area contributed by atoms with Gasteiger partial charge in [-0.25, -0.2) is 0 Å². The van der Waals surface area contributed by atoms with Gasteiger partial charge in [0.1, 0.15) is 5.75 Å². The fraction of sp³-hybridized carbons (Fsp3) is 0.412. The standard InChI is InChI=1S/C17H22N2O2S/c1-13-9-11-19(12-10-13)17(22)18-16(20)8-5-14-3-6-15(21-2)7-4-14/h3-8,13H,9-12H2,1-2H3,(H,18,20,22). The quantitative estimate of drug-likeness (QED) is 0.687. The van der Waals surface area contributed by atoms with E-state index in [1.165, 1.54) is 6.08 Å². The topological polar surface area (TPSA) is 41.6 Å². The van der Waals surface area contributed by atoms with Gasteiger partial charge < -0.3 is 9.64 Å². The van der Waals surface area contributed by atoms with E-state index < -0.39 is 0 Å². The molecule has 1 saturated heterocycles. The van der Waals surface area contributed by atoms with Crippen molar-refractivity contribution in [2.75, 3.05) is 20.2 Å². The summed E-state index contributed by atoms with van der Waals surface area (Å²) in [4.78, 5) is 14.0. The molecular weight excluding hydrogens is 296 g/mol. The van der Waals surface area contributed by atoms with E-state index >= 15 is 0 Å². The molecule has 0 saturated carbocycles. The minimum atomic E-state index is -0.195. The Bertz CT molecular complexity index is 546. The van der Waals surface area contributed by atoms with Crippen LogP contribution in [0.4, 0.5) is 0 Å². The van der Waals surface area contributed by atoms with Gasteiger partial charge in [0.2, 0.25) is 5.91 Å². The minimum absolute atomic E-state index is 0.195. The molecule has 1 aromatic carbocycles. The number of rotatable bonds is 3. The number of piperidine rings is 1. The summed E-state index contributed by atoms with van der Waals surface area (Å²) in [6.07, 6.45) is 5.51. The molecule has 0 aromatic heterocycles. The lowest BCUT2D eigenvalue weighted by atomic mass is 10.00. The molecule has 1 fully saturated rings. The summed E-state index contributed by atoms with van der Waals surface area (Å²) in [6, 6.07) is 7.51. The molecule has 0 atom stereocenters. The smallest absolute Gasteiger partial charge is 0.250 e. The molecule has 0 unspecified atom stereocenters. The lowest BCUT2D eigenvalue weighted by molar-refractivity contribution is -0.115. The van der Waals surface area contributed by atoms with Crippen molar-refractivity contribution < 1.29 is 9.53 Å². The van der Waals surface area contributed by atoms with Crippen LogP contribution in [-0.2, 0) is 4.79 Å². The monoisotopic (exact) mass is 318 g/mol. The highest BCUT2D eigenvalue weighted by Crippen LogP contribution is 2.16. The van der Waals surface area contributed by atoms with Crippen molar-refractivity contribution in [2.45, 2.75) is 19.8 Å². The third-order valence-corrected chi connectivity index (χ3v) is 4.20. The normalized spacial score (nSPS) is 15.8. The highest BCUT2D eigenvalue weighted by Gasteiger charge is 2.18. The van der Waals surface area contributed by atoms with Gasteiger partial charge in [0.15, 0.2) is 5.11 Å². The van der Waals surface area contributed by atoms with Gasteiger partial charge in [0.25, 0.3) is 0 Å². The number of carbonyl (C=O) groups is 1. The average molecular weight is 318 g/mol. The average Bonchev–Trinajstić information content (AvgIpc) is 2.54. The number of methoxy groups -OCH3 is 1. The van der Waals surface area contributed by atoms with Crippen LogP contribution in [0, 0.1) is 5.92 Å². The van der Waals surface area contributed by atoms with E-state index in [1.807, 2.05) is 24.3 Å². The van der Waals surface area contributed by atoms with Crippen LogP contribution >= 0.6 is 12.2 Å². The van der Waals surface area contributed by atoms with E-state index in [0.29, 0.717) is 5.11 Å². The van der Waals surface area contributed by atoms with Gasteiger partial charge in [-0.2, -0.15) is 0 Å². The van der Waals surface area contributed by atoms with E-state index in [-0.39, 0.29) is 5.91 Å². The number of amides is 1. The molecule has 1 aromatic rings. The molecular formula is C17H22N2O2S. The van der Waals surface area contributed by atoms with Gasteiger partial charge in [-0.15, -0.1) is 0 Å². The van der Waals surface area contributed by atoms with E-state index in [1.54, 1.807) is 13.2 Å². The Morgan fingerprint density at radius 2 is 1.95 bits per heavy atom. The Kier molecular flexibility index (Phi) is 5.95. The molecule has 2 rings (SSSR count). The third-order valence-electron chi connectivity index (χ3n) is 3.84. The largest absolute Gasteiger partial charge is 0.497 e. The number of thiocarbonyl (C=S) groups is 1. The van der Waals surface area contributed by atoms with Gasteiger partial charge in [0.05, 0.1) is 7.11 Å². The molecule has 1 amide bonds. The molecule has 0 spiro atoms. The first kappa shape index (κ1) is 16.5. The van der Waals surface area contributed by atoms with Gasteiger partial charge in [-0.05, 0) is 54.7 Å². The highest BCUT2D eigenvalue weighted by atomic mass is 32.1. The van der Waals surface area contributed by atoms with Crippen molar-refractivity contribution in [1.82, 2.24) is 10.2 Å². The van der Waals surface area contributed by atoms with E-state index in [0.717, 1.165) is 43.2 Å². The van der Waals surface area contributed by atoms with Crippen LogP contribution in [0.5, 0.6) is 5.75 Å². The predicted molar refractivity (Wildman–Crippen MR) is 92.7 cm³/mol. The second-order valence-electron chi connectivity index (χ2n) is 5.57. The number of likely N-dealkylation sites (tertiary alicyclic amines) is 1. The molecule has 0 aliphatic carbocycles. The zero-order valence-electron chi connectivity index (χ0n) is 13.0. The molecule has 5 heteroatoms. The van der Waals surface area contributed by atoms with Crippen molar-refractivity contribution in [3.05, 3.63) is 35.9 Å². The van der Waals surface area contributed by atoms with Crippen molar-refractivity contribution >= 4 is 29.3 Å². The summed E-state index contributed by atoms with van der Waals surface area (Å²) in [5.74, 6) is 1.34. The maximum absolute atomic E-state index is 11.9. The SMILES string of the molecule is COc1ccc(C=CC(=O)NC(=S)N2CCC(C)CC2)cc1. The first-order valence-corrected chi connectivity index (χ1v) is 7.91. The fourth-order valence-electron chi connectivity index (χ4n) is 2.32. The van der Waals surface area contributed by atoms with Crippen LogP contribution < -0.4 is 10.1 Å². The Morgan fingerprint density at radius 1 is 1.32 bits per heavy atom. The first-order valence-electron chi connectivity index (χ1n) is 7.50. The molecule has 1 heterocycles. The number of nitrogens with one attached hydrogen (secondary N) is 1. The predicted octanol–water partition coefficient (Wildman–Crippen LogP) is 2.84. The lowest BCUT2D eigenvalue weighted by Crippen LogP contribution is -2.45. The number of nitrogens with zero attached hydrogens (tertiary/aromatic N) is 1. The highest BCUT2D eigenvalue weighted by molar-refractivity contribution is 7.80. The van der Waals surface area contributed by atoms with Gasteiger partial charge in [-0.3, -0.25) is 10.1 Å². The van der Waals surface area contributed by atoms with Crippen molar-refractivity contribution in [1.29, 1.82) is 0 Å². The van der Waals surface area contributed by atoms with Crippen LogP contribution in [0.1, 0.15) is 25.3 Å². The first-order chi connectivity index (χ1) is 10.6. The van der Waals surface area contributed by atoms with Crippen molar-refractivity contribution in [3.63, 3.8) is 0 Å². The molecule has 118 valence electrons. The van der Waals surface area contributed by atoms with Crippen molar-refractivity contribution in [2.24, 2.45) is 5.92 Å². The number of benzene rings is 1. The second-order valence-corrected chi connectivity index (χ2v) is 5.96. The summed E-state index contributed by atoms with van der Waals surface area (Å²) in [7, 11) is 1.63. The van der Waals surface area contributed by atoms with Crippen LogP contribution in [0.3, 0.4) is 0 Å². The molecule has 0 bridgehead atoms. The second kappa shape index (κ2) is 7.94. The summed E-state index contributed by atoms with van der Waals surface area (Å²) < 4.78 is 5.10. The lowest BCUT2D eigenvalue weighted by Gasteiger charge is -2.31. The number of hydrogen-bond acceptors (Lipinski definition) is 3. The van der Waals surface area contributed by atoms with Crippen molar-refractivity contribution in [3.8, 4) is 5.75 Å². The van der Waals surface area contributed by atoms with Crippen LogP contribution in [0.15, 0.2) is 30.3 Å². The van der Waals surface area contributed by atoms with E-state index in [2.05, 4.69) is 17.1 Å². The van der Waals surface area contributed by atoms with E-state index in [4.69, 9.17) is 17.0 Å². The van der Waals surface area contributed by atoms with Gasteiger partial charge in [0, 0.05) is 19.2 Å². The molecule has 4 nitrogen and oxygen atoms in total. The molecule has 1 aliphatic heterocycles. The van der Waals surface area contributed by atoms with Crippen LogP contribution in [0.2, 0.25) is 0 Å². The molecule has 1 N–H and O–H groups in total. The Hall–Kier alpha value is -1.88. The molecule has 22 heavy (non-hydrogen) atoms. The zero-order chi connectivity index (χ0) is 15.9. The minimum Gasteiger partial charge on any atom is -0.497 e.